The van der Waals surface area contributed by atoms with Gasteiger partial charge in [-0.15, -0.1) is 0 Å². The molecule has 1 aliphatic carbocycles. The van der Waals surface area contributed by atoms with Crippen molar-refractivity contribution in [1.82, 2.24) is 10.3 Å². The summed E-state index contributed by atoms with van der Waals surface area (Å²) in [5.74, 6) is 1.59. The number of rotatable bonds is 4. The zero-order chi connectivity index (χ0) is 18.6. The van der Waals surface area contributed by atoms with Crippen molar-refractivity contribution in [2.24, 2.45) is 0 Å². The van der Waals surface area contributed by atoms with Crippen molar-refractivity contribution in [3.63, 3.8) is 0 Å². The second-order valence-corrected chi connectivity index (χ2v) is 7.80. The number of nitriles is 1. The Balaban J connectivity index is 1.50. The monoisotopic (exact) mass is 383 g/mol. The van der Waals surface area contributed by atoms with Gasteiger partial charge in [-0.1, -0.05) is 31.0 Å². The molecule has 140 valence electrons. The molecule has 1 aliphatic heterocycles. The van der Waals surface area contributed by atoms with E-state index in [9.17, 15) is 10.1 Å². The third-order valence-corrected chi connectivity index (χ3v) is 5.87. The number of benzene rings is 1. The average molecular weight is 383 g/mol. The molecule has 4 rings (SSSR count). The van der Waals surface area contributed by atoms with Crippen LogP contribution in [-0.2, 0) is 4.79 Å². The summed E-state index contributed by atoms with van der Waals surface area (Å²) in [4.78, 5) is 16.9. The second-order valence-electron chi connectivity index (χ2n) is 6.83. The Morgan fingerprint density at radius 3 is 2.67 bits per heavy atom. The number of pyridine rings is 1. The van der Waals surface area contributed by atoms with Gasteiger partial charge >= 0.3 is 0 Å². The van der Waals surface area contributed by atoms with E-state index in [1.165, 1.54) is 31.0 Å². The van der Waals surface area contributed by atoms with Crippen LogP contribution in [0.5, 0.6) is 11.5 Å². The fourth-order valence-electron chi connectivity index (χ4n) is 3.53. The molecule has 1 N–H and O–H groups in total. The van der Waals surface area contributed by atoms with Crippen LogP contribution in [0.1, 0.15) is 37.7 Å². The summed E-state index contributed by atoms with van der Waals surface area (Å²) in [6.45, 7) is 1.03. The number of thioether (sulfide) groups is 1. The van der Waals surface area contributed by atoms with Gasteiger partial charge in [-0.3, -0.25) is 4.79 Å². The SMILES string of the molecule is N#Cc1cc2cc3c(cc2nc1SCC(=O)NC1CCCCC1)OCCO3. The number of carbonyl (C=O) groups excluding carboxylic acids is 1. The van der Waals surface area contributed by atoms with Crippen molar-refractivity contribution in [2.75, 3.05) is 19.0 Å². The molecule has 1 aromatic heterocycles. The molecule has 6 nitrogen and oxygen atoms in total. The molecule has 2 aliphatic rings. The van der Waals surface area contributed by atoms with Gasteiger partial charge < -0.3 is 14.8 Å². The molecule has 1 amide bonds. The lowest BCUT2D eigenvalue weighted by Gasteiger charge is -2.22. The zero-order valence-electron chi connectivity index (χ0n) is 15.0. The van der Waals surface area contributed by atoms with Crippen LogP contribution in [0.4, 0.5) is 0 Å². The molecule has 0 saturated heterocycles. The van der Waals surface area contributed by atoms with Crippen LogP contribution in [0.3, 0.4) is 0 Å². The Bertz CT molecular complexity index is 903. The first kappa shape index (κ1) is 17.9. The zero-order valence-corrected chi connectivity index (χ0v) is 15.8. The Labute approximate surface area is 162 Å². The van der Waals surface area contributed by atoms with E-state index >= 15 is 0 Å². The van der Waals surface area contributed by atoms with E-state index in [0.717, 1.165) is 23.7 Å². The molecule has 2 aromatic rings. The number of carbonyl (C=O) groups is 1. The van der Waals surface area contributed by atoms with Crippen molar-refractivity contribution in [2.45, 2.75) is 43.2 Å². The van der Waals surface area contributed by atoms with Gasteiger partial charge in [-0.05, 0) is 25.0 Å². The minimum absolute atomic E-state index is 0.000129. The highest BCUT2D eigenvalue weighted by Gasteiger charge is 2.18. The van der Waals surface area contributed by atoms with E-state index in [4.69, 9.17) is 9.47 Å². The maximum absolute atomic E-state index is 12.3. The summed E-state index contributed by atoms with van der Waals surface area (Å²) < 4.78 is 11.2. The fourth-order valence-corrected chi connectivity index (χ4v) is 4.31. The second kappa shape index (κ2) is 8.05. The Morgan fingerprint density at radius 2 is 1.93 bits per heavy atom. The molecule has 2 heterocycles. The van der Waals surface area contributed by atoms with Gasteiger partial charge in [-0.2, -0.15) is 5.26 Å². The minimum atomic E-state index is -0.000129. The molecular weight excluding hydrogens is 362 g/mol. The van der Waals surface area contributed by atoms with Crippen LogP contribution in [-0.4, -0.2) is 35.9 Å². The van der Waals surface area contributed by atoms with Gasteiger partial charge in [-0.25, -0.2) is 4.98 Å². The number of ether oxygens (including phenoxy) is 2. The van der Waals surface area contributed by atoms with Gasteiger partial charge in [0.15, 0.2) is 11.5 Å². The highest BCUT2D eigenvalue weighted by molar-refractivity contribution is 8.00. The Morgan fingerprint density at radius 1 is 1.19 bits per heavy atom. The van der Waals surface area contributed by atoms with E-state index in [-0.39, 0.29) is 17.7 Å². The molecule has 27 heavy (non-hydrogen) atoms. The molecule has 0 spiro atoms. The fraction of sp³-hybridized carbons (Fsp3) is 0.450. The van der Waals surface area contributed by atoms with Gasteiger partial charge in [0.05, 0.1) is 16.8 Å². The lowest BCUT2D eigenvalue weighted by atomic mass is 9.95. The number of nitrogens with one attached hydrogen (secondary N) is 1. The third kappa shape index (κ3) is 4.11. The normalized spacial score (nSPS) is 16.7. The number of fused-ring (bicyclic) bond motifs is 2. The van der Waals surface area contributed by atoms with Crippen LogP contribution in [0.15, 0.2) is 23.2 Å². The summed E-state index contributed by atoms with van der Waals surface area (Å²) in [6, 6.07) is 7.95. The van der Waals surface area contributed by atoms with Gasteiger partial charge in [0.25, 0.3) is 0 Å². The van der Waals surface area contributed by atoms with Crippen molar-refractivity contribution in [3.8, 4) is 17.6 Å². The first-order chi connectivity index (χ1) is 13.2. The van der Waals surface area contributed by atoms with Crippen molar-refractivity contribution in [1.29, 1.82) is 5.26 Å². The summed E-state index contributed by atoms with van der Waals surface area (Å²) in [7, 11) is 0. The highest BCUT2D eigenvalue weighted by atomic mass is 32.2. The van der Waals surface area contributed by atoms with E-state index in [1.54, 1.807) is 6.07 Å². The maximum atomic E-state index is 12.3. The Kier molecular flexibility index (Phi) is 5.35. The van der Waals surface area contributed by atoms with Crippen LogP contribution in [0, 0.1) is 11.3 Å². The van der Waals surface area contributed by atoms with Gasteiger partial charge in [0.2, 0.25) is 5.91 Å². The molecule has 0 radical (unpaired) electrons. The number of aromatic nitrogens is 1. The summed E-state index contributed by atoms with van der Waals surface area (Å²) >= 11 is 1.30. The summed E-state index contributed by atoms with van der Waals surface area (Å²) in [6.07, 6.45) is 5.73. The first-order valence-corrected chi connectivity index (χ1v) is 10.3. The van der Waals surface area contributed by atoms with Crippen LogP contribution >= 0.6 is 11.8 Å². The molecule has 0 bridgehead atoms. The minimum Gasteiger partial charge on any atom is -0.486 e. The maximum Gasteiger partial charge on any atom is 0.230 e. The molecule has 1 aromatic carbocycles. The first-order valence-electron chi connectivity index (χ1n) is 9.29. The largest absolute Gasteiger partial charge is 0.486 e. The van der Waals surface area contributed by atoms with E-state index in [1.807, 2.05) is 12.1 Å². The lowest BCUT2D eigenvalue weighted by Crippen LogP contribution is -2.37. The summed E-state index contributed by atoms with van der Waals surface area (Å²) in [5, 5.41) is 14.0. The topological polar surface area (TPSA) is 84.2 Å². The Hall–Kier alpha value is -2.46. The standard InChI is InChI=1S/C20H21N3O3S/c21-11-14-8-13-9-17-18(26-7-6-25-17)10-16(13)23-20(14)27-12-19(24)22-15-4-2-1-3-5-15/h8-10,15H,1-7,12H2,(H,22,24). The number of amides is 1. The van der Waals surface area contributed by atoms with Gasteiger partial charge in [0.1, 0.15) is 24.3 Å². The van der Waals surface area contributed by atoms with Gasteiger partial charge in [0, 0.05) is 17.5 Å². The molecule has 1 saturated carbocycles. The number of hydrogen-bond acceptors (Lipinski definition) is 6. The predicted molar refractivity (Wildman–Crippen MR) is 103 cm³/mol. The highest BCUT2D eigenvalue weighted by Crippen LogP contribution is 2.35. The van der Waals surface area contributed by atoms with Crippen LogP contribution in [0.25, 0.3) is 10.9 Å². The number of nitrogens with zero attached hydrogens (tertiary/aromatic N) is 2. The quantitative estimate of drug-likeness (QED) is 0.815. The molecule has 7 heteroatoms. The number of hydrogen-bond donors (Lipinski definition) is 1. The smallest absolute Gasteiger partial charge is 0.230 e. The van der Waals surface area contributed by atoms with Crippen molar-refractivity contribution >= 4 is 28.6 Å². The van der Waals surface area contributed by atoms with E-state index in [0.29, 0.717) is 35.3 Å². The molecule has 0 unspecified atom stereocenters. The third-order valence-electron chi connectivity index (χ3n) is 4.87. The van der Waals surface area contributed by atoms with E-state index in [2.05, 4.69) is 16.4 Å². The van der Waals surface area contributed by atoms with E-state index < -0.39 is 0 Å². The van der Waals surface area contributed by atoms with Crippen LogP contribution < -0.4 is 14.8 Å². The van der Waals surface area contributed by atoms with Crippen molar-refractivity contribution in [3.05, 3.63) is 23.8 Å². The predicted octanol–water partition coefficient (Wildman–Crippen LogP) is 3.42. The van der Waals surface area contributed by atoms with Crippen molar-refractivity contribution < 1.29 is 14.3 Å². The molecule has 0 atom stereocenters. The lowest BCUT2D eigenvalue weighted by molar-refractivity contribution is -0.119. The van der Waals surface area contributed by atoms with Crippen LogP contribution in [0.2, 0.25) is 0 Å². The molecular formula is C20H21N3O3S. The average Bonchev–Trinajstić information content (AvgIpc) is 2.70. The molecule has 1 fully saturated rings. The summed E-state index contributed by atoms with van der Waals surface area (Å²) in [5.41, 5.74) is 1.20.